The number of hydrogen-bond acceptors (Lipinski definition) is 5. The lowest BCUT2D eigenvalue weighted by Gasteiger charge is -2.37. The Hall–Kier alpha value is -2.83. The molecule has 0 aliphatic carbocycles. The summed E-state index contributed by atoms with van der Waals surface area (Å²) in [5.41, 5.74) is 1.33. The van der Waals surface area contributed by atoms with E-state index < -0.39 is 12.1 Å². The van der Waals surface area contributed by atoms with Gasteiger partial charge < -0.3 is 19.3 Å². The van der Waals surface area contributed by atoms with Gasteiger partial charge in [0.15, 0.2) is 0 Å². The van der Waals surface area contributed by atoms with Crippen LogP contribution in [-0.4, -0.2) is 40.3 Å². The van der Waals surface area contributed by atoms with Crippen molar-refractivity contribution in [1.29, 1.82) is 0 Å². The maximum absolute atomic E-state index is 11.9. The second-order valence-corrected chi connectivity index (χ2v) is 5.06. The molecule has 1 amide bonds. The minimum absolute atomic E-state index is 0.0438. The highest BCUT2D eigenvalue weighted by atomic mass is 16.6. The average Bonchev–Trinajstić information content (AvgIpc) is 2.94. The molecule has 0 unspecified atom stereocenters. The smallest absolute Gasteiger partial charge is 0.410 e. The molecule has 22 heavy (non-hydrogen) atoms. The normalized spacial score (nSPS) is 14.5. The fraction of sp³-hybridized carbons (Fsp3) is 0.267. The van der Waals surface area contributed by atoms with E-state index in [9.17, 15) is 9.59 Å². The fourth-order valence-corrected chi connectivity index (χ4v) is 2.31. The Morgan fingerprint density at radius 2 is 2.05 bits per heavy atom. The van der Waals surface area contributed by atoms with Crippen LogP contribution in [0.3, 0.4) is 0 Å². The van der Waals surface area contributed by atoms with Crippen LogP contribution in [0.25, 0.3) is 0 Å². The van der Waals surface area contributed by atoms with Gasteiger partial charge in [0.25, 0.3) is 0 Å². The molecule has 0 spiro atoms. The van der Waals surface area contributed by atoms with E-state index in [1.165, 1.54) is 4.90 Å². The van der Waals surface area contributed by atoms with Gasteiger partial charge in [-0.25, -0.2) is 9.59 Å². The summed E-state index contributed by atoms with van der Waals surface area (Å²) in [6, 6.07) is 9.40. The highest BCUT2D eigenvalue weighted by Crippen LogP contribution is 2.29. The summed E-state index contributed by atoms with van der Waals surface area (Å²) in [6.07, 6.45) is 0.689. The number of aromatic carboxylic acids is 1. The van der Waals surface area contributed by atoms with Crippen LogP contribution in [0.15, 0.2) is 41.1 Å². The summed E-state index contributed by atoms with van der Waals surface area (Å²) in [6.45, 7) is 0.964. The number of likely N-dealkylation sites (tertiary alicyclic amines) is 1. The molecule has 0 saturated carbocycles. The van der Waals surface area contributed by atoms with Gasteiger partial charge in [-0.15, -0.1) is 0 Å². The van der Waals surface area contributed by atoms with Crippen LogP contribution in [0.1, 0.15) is 27.5 Å². The topological polar surface area (TPSA) is 92.9 Å². The van der Waals surface area contributed by atoms with Crippen LogP contribution in [-0.2, 0) is 11.3 Å². The van der Waals surface area contributed by atoms with Crippen molar-refractivity contribution in [1.82, 2.24) is 10.1 Å². The third kappa shape index (κ3) is 2.78. The van der Waals surface area contributed by atoms with E-state index in [4.69, 9.17) is 14.4 Å². The van der Waals surface area contributed by atoms with Gasteiger partial charge in [-0.3, -0.25) is 0 Å². The number of amides is 1. The van der Waals surface area contributed by atoms with Crippen molar-refractivity contribution in [2.24, 2.45) is 0 Å². The largest absolute Gasteiger partial charge is 0.478 e. The molecule has 7 heteroatoms. The predicted molar refractivity (Wildman–Crippen MR) is 74.4 cm³/mol. The van der Waals surface area contributed by atoms with Crippen molar-refractivity contribution in [3.8, 4) is 0 Å². The first-order chi connectivity index (χ1) is 10.6. The zero-order chi connectivity index (χ0) is 15.5. The minimum atomic E-state index is -1.08. The number of carbonyl (C=O) groups excluding carboxylic acids is 1. The van der Waals surface area contributed by atoms with Gasteiger partial charge in [-0.05, 0) is 5.56 Å². The van der Waals surface area contributed by atoms with E-state index in [1.807, 2.05) is 30.3 Å². The Bertz CT molecular complexity index is 676. The molecular weight excluding hydrogens is 288 g/mol. The second kappa shape index (κ2) is 5.88. The second-order valence-electron chi connectivity index (χ2n) is 5.06. The van der Waals surface area contributed by atoms with Gasteiger partial charge >= 0.3 is 12.1 Å². The van der Waals surface area contributed by atoms with E-state index >= 15 is 0 Å². The lowest BCUT2D eigenvalue weighted by molar-refractivity contribution is 0.0639. The monoisotopic (exact) mass is 302 g/mol. The molecule has 1 fully saturated rings. The van der Waals surface area contributed by atoms with Crippen LogP contribution in [0.5, 0.6) is 0 Å². The first-order valence-electron chi connectivity index (χ1n) is 6.78. The van der Waals surface area contributed by atoms with Gasteiger partial charge in [0.2, 0.25) is 0 Å². The summed E-state index contributed by atoms with van der Waals surface area (Å²) in [5.74, 6) is -1.21. The third-order valence-corrected chi connectivity index (χ3v) is 3.56. The molecular formula is C15H14N2O5. The number of nitrogens with zero attached hydrogens (tertiary/aromatic N) is 2. The Morgan fingerprint density at radius 3 is 2.73 bits per heavy atom. The quantitative estimate of drug-likeness (QED) is 0.929. The maximum atomic E-state index is 11.9. The molecule has 1 saturated heterocycles. The third-order valence-electron chi connectivity index (χ3n) is 3.56. The van der Waals surface area contributed by atoms with Crippen LogP contribution in [0.2, 0.25) is 0 Å². The van der Waals surface area contributed by atoms with E-state index in [-0.39, 0.29) is 18.1 Å². The Balaban J connectivity index is 1.51. The molecule has 0 bridgehead atoms. The zero-order valence-electron chi connectivity index (χ0n) is 11.6. The highest BCUT2D eigenvalue weighted by molar-refractivity contribution is 5.88. The van der Waals surface area contributed by atoms with E-state index in [0.717, 1.165) is 11.8 Å². The van der Waals surface area contributed by atoms with Gasteiger partial charge in [0.1, 0.15) is 24.1 Å². The van der Waals surface area contributed by atoms with E-state index in [1.54, 1.807) is 0 Å². The van der Waals surface area contributed by atoms with Gasteiger partial charge in [0, 0.05) is 19.0 Å². The molecule has 1 aromatic heterocycles. The first-order valence-corrected chi connectivity index (χ1v) is 6.78. The standard InChI is InChI=1S/C15H14N2O5/c18-14(19)12-9-22-16-13(12)11-6-17(7-11)15(20)21-8-10-4-2-1-3-5-10/h1-5,9,11H,6-8H2,(H,18,19). The molecule has 2 heterocycles. The van der Waals surface area contributed by atoms with E-state index in [0.29, 0.717) is 18.8 Å². The van der Waals surface area contributed by atoms with Gasteiger partial charge in [-0.1, -0.05) is 35.5 Å². The van der Waals surface area contributed by atoms with Crippen molar-refractivity contribution in [2.45, 2.75) is 12.5 Å². The lowest BCUT2D eigenvalue weighted by atomic mass is 9.94. The average molecular weight is 302 g/mol. The molecule has 0 radical (unpaired) electrons. The molecule has 3 rings (SSSR count). The summed E-state index contributed by atoms with van der Waals surface area (Å²) >= 11 is 0. The van der Waals surface area contributed by atoms with E-state index in [2.05, 4.69) is 5.16 Å². The van der Waals surface area contributed by atoms with Crippen molar-refractivity contribution in [2.75, 3.05) is 13.1 Å². The molecule has 1 N–H and O–H groups in total. The number of aromatic nitrogens is 1. The van der Waals surface area contributed by atoms with Crippen molar-refractivity contribution in [3.63, 3.8) is 0 Å². The molecule has 7 nitrogen and oxygen atoms in total. The SMILES string of the molecule is O=C(O)c1conc1C1CN(C(=O)OCc2ccccc2)C1. The number of carboxylic acid groups (broad SMARTS) is 1. The van der Waals surface area contributed by atoms with Gasteiger partial charge in [-0.2, -0.15) is 0 Å². The van der Waals surface area contributed by atoms with Crippen LogP contribution in [0.4, 0.5) is 4.79 Å². The Kier molecular flexibility index (Phi) is 3.78. The van der Waals surface area contributed by atoms with Crippen molar-refractivity contribution < 1.29 is 24.0 Å². The molecule has 1 aliphatic rings. The maximum Gasteiger partial charge on any atom is 0.410 e. The highest BCUT2D eigenvalue weighted by Gasteiger charge is 2.37. The summed E-state index contributed by atoms with van der Waals surface area (Å²) in [5, 5.41) is 12.7. The fourth-order valence-electron chi connectivity index (χ4n) is 2.31. The molecule has 0 atom stereocenters. The van der Waals surface area contributed by atoms with Crippen molar-refractivity contribution in [3.05, 3.63) is 53.4 Å². The number of benzene rings is 1. The molecule has 1 aromatic carbocycles. The van der Waals surface area contributed by atoms with Crippen molar-refractivity contribution >= 4 is 12.1 Å². The summed E-state index contributed by atoms with van der Waals surface area (Å²) < 4.78 is 9.90. The molecule has 1 aliphatic heterocycles. The molecule has 114 valence electrons. The number of carbonyl (C=O) groups is 2. The molecule has 2 aromatic rings. The van der Waals surface area contributed by atoms with Crippen LogP contribution >= 0.6 is 0 Å². The first kappa shape index (κ1) is 14.1. The van der Waals surface area contributed by atoms with Crippen LogP contribution < -0.4 is 0 Å². The number of carboxylic acids is 1. The predicted octanol–water partition coefficient (Wildman–Crippen LogP) is 2.11. The van der Waals surface area contributed by atoms with Gasteiger partial charge in [0.05, 0.1) is 0 Å². The van der Waals surface area contributed by atoms with Crippen LogP contribution in [0, 0.1) is 0 Å². The summed E-state index contributed by atoms with van der Waals surface area (Å²) in [4.78, 5) is 24.4. The lowest BCUT2D eigenvalue weighted by Crippen LogP contribution is -2.49. The number of ether oxygens (including phenoxy) is 1. The number of rotatable bonds is 4. The minimum Gasteiger partial charge on any atom is -0.478 e. The summed E-state index contributed by atoms with van der Waals surface area (Å²) in [7, 11) is 0. The Morgan fingerprint density at radius 1 is 1.32 bits per heavy atom. The Labute approximate surface area is 126 Å². The zero-order valence-corrected chi connectivity index (χ0v) is 11.6. The number of hydrogen-bond donors (Lipinski definition) is 1.